The second kappa shape index (κ2) is 21.4. The molecule has 1 aliphatic rings. The minimum atomic E-state index is -1.66. The van der Waals surface area contributed by atoms with Crippen LogP contribution in [0.4, 0.5) is 0 Å². The summed E-state index contributed by atoms with van der Waals surface area (Å²) in [6.07, 6.45) is -1.03. The van der Waals surface area contributed by atoms with Crippen LogP contribution in [0.5, 0.6) is 0 Å². The summed E-state index contributed by atoms with van der Waals surface area (Å²) >= 11 is 0. The van der Waals surface area contributed by atoms with Crippen molar-refractivity contribution >= 4 is 18.0 Å². The molecule has 12 heteroatoms. The standard InChI is InChI=1S/C32H52N2O10/c1-2-3-4-5-9-17-27(38)34-23(21-43-32-31(42)30(41)29(40)25(20-35)44-32)28(39)24(36)16-12-18-26(37)33-19-11-10-15-22-13-7-6-8-14-22/h6-8,13-14,19,23-25,28-32,35-36,39-42H,2-5,9-12,15-18,20-21H2,1H3,(H,34,38)/t23-,24+,25+,28-,29-,30-,31+,32-/m0/s1. The summed E-state index contributed by atoms with van der Waals surface area (Å²) in [5.41, 5.74) is 1.22. The second-order valence-electron chi connectivity index (χ2n) is 11.4. The van der Waals surface area contributed by atoms with E-state index in [0.29, 0.717) is 12.8 Å². The number of aliphatic hydroxyl groups is 6. The number of aliphatic hydroxyl groups excluding tert-OH is 6. The molecular formula is C32H52N2O10. The molecule has 0 unspecified atom stereocenters. The van der Waals surface area contributed by atoms with Gasteiger partial charge >= 0.3 is 0 Å². The first-order chi connectivity index (χ1) is 21.2. The van der Waals surface area contributed by atoms with E-state index in [4.69, 9.17) is 9.47 Å². The monoisotopic (exact) mass is 624 g/mol. The Morgan fingerprint density at radius 2 is 1.70 bits per heavy atom. The van der Waals surface area contributed by atoms with E-state index in [2.05, 4.69) is 17.2 Å². The van der Waals surface area contributed by atoms with Crippen LogP contribution < -0.4 is 5.32 Å². The fraction of sp³-hybridized carbons (Fsp3) is 0.719. The van der Waals surface area contributed by atoms with Gasteiger partial charge in [-0.15, -0.1) is 0 Å². The number of aliphatic imine (C=N–C) groups is 1. The molecule has 250 valence electrons. The molecule has 2 rings (SSSR count). The maximum Gasteiger partial charge on any atom is 0.245 e. The van der Waals surface area contributed by atoms with Gasteiger partial charge < -0.3 is 45.4 Å². The third-order valence-electron chi connectivity index (χ3n) is 7.72. The van der Waals surface area contributed by atoms with E-state index in [0.717, 1.165) is 38.5 Å². The van der Waals surface area contributed by atoms with Gasteiger partial charge in [0.2, 0.25) is 11.8 Å². The largest absolute Gasteiger partial charge is 0.394 e. The zero-order valence-electron chi connectivity index (χ0n) is 25.7. The molecular weight excluding hydrogens is 572 g/mol. The lowest BCUT2D eigenvalue weighted by Crippen LogP contribution is -2.60. The fourth-order valence-electron chi connectivity index (χ4n) is 4.97. The van der Waals surface area contributed by atoms with E-state index >= 15 is 0 Å². The second-order valence-corrected chi connectivity index (χ2v) is 11.4. The molecule has 1 aliphatic heterocycles. The molecule has 2 amide bonds. The van der Waals surface area contributed by atoms with Gasteiger partial charge in [-0.25, -0.2) is 4.99 Å². The van der Waals surface area contributed by atoms with Crippen LogP contribution in [-0.4, -0.2) is 111 Å². The molecule has 7 N–H and O–H groups in total. The number of nitrogens with one attached hydrogen (secondary N) is 1. The molecule has 8 atom stereocenters. The van der Waals surface area contributed by atoms with Gasteiger partial charge in [0.15, 0.2) is 6.29 Å². The van der Waals surface area contributed by atoms with Gasteiger partial charge in [0.05, 0.1) is 25.4 Å². The fourth-order valence-corrected chi connectivity index (χ4v) is 4.97. The molecule has 0 radical (unpaired) electrons. The highest BCUT2D eigenvalue weighted by atomic mass is 16.7. The number of rotatable bonds is 21. The number of hydrogen-bond acceptors (Lipinski definition) is 10. The number of aryl methyl sites for hydroxylation is 1. The topological polar surface area (TPSA) is 198 Å². The van der Waals surface area contributed by atoms with Crippen LogP contribution in [0.1, 0.15) is 83.1 Å². The van der Waals surface area contributed by atoms with Crippen molar-refractivity contribution in [2.45, 2.75) is 133 Å². The normalized spacial score (nSPS) is 24.2. The van der Waals surface area contributed by atoms with Crippen LogP contribution in [0, 0.1) is 0 Å². The number of carbonyl (C=O) groups excluding carboxylic acids is 2. The lowest BCUT2D eigenvalue weighted by Gasteiger charge is -2.40. The quantitative estimate of drug-likeness (QED) is 0.0770. The molecule has 1 fully saturated rings. The van der Waals surface area contributed by atoms with Crippen LogP contribution in [0.2, 0.25) is 0 Å². The van der Waals surface area contributed by atoms with Crippen LogP contribution >= 0.6 is 0 Å². The molecule has 0 aromatic heterocycles. The Balaban J connectivity index is 1.86. The molecule has 1 heterocycles. The number of ether oxygens (including phenoxy) is 2. The average molecular weight is 625 g/mol. The van der Waals surface area contributed by atoms with E-state index in [1.807, 2.05) is 30.3 Å². The van der Waals surface area contributed by atoms with E-state index in [1.165, 1.54) is 5.56 Å². The van der Waals surface area contributed by atoms with Crippen LogP contribution in [0.25, 0.3) is 0 Å². The third kappa shape index (κ3) is 13.8. The molecule has 1 aromatic carbocycles. The lowest BCUT2D eigenvalue weighted by molar-refractivity contribution is -0.303. The zero-order chi connectivity index (χ0) is 32.3. The van der Waals surface area contributed by atoms with E-state index in [1.54, 1.807) is 6.21 Å². The van der Waals surface area contributed by atoms with Gasteiger partial charge in [-0.3, -0.25) is 9.59 Å². The Morgan fingerprint density at radius 3 is 2.41 bits per heavy atom. The van der Waals surface area contributed by atoms with Crippen molar-refractivity contribution < 1.29 is 49.7 Å². The van der Waals surface area contributed by atoms with Gasteiger partial charge in [0.25, 0.3) is 0 Å². The zero-order valence-corrected chi connectivity index (χ0v) is 25.7. The van der Waals surface area contributed by atoms with Crippen LogP contribution in [-0.2, 0) is 25.5 Å². The average Bonchev–Trinajstić information content (AvgIpc) is 3.02. The van der Waals surface area contributed by atoms with Crippen molar-refractivity contribution in [3.8, 4) is 0 Å². The Labute approximate surface area is 260 Å². The maximum atomic E-state index is 12.6. The predicted octanol–water partition coefficient (Wildman–Crippen LogP) is 1.16. The summed E-state index contributed by atoms with van der Waals surface area (Å²) in [6, 6.07) is 8.92. The summed E-state index contributed by atoms with van der Waals surface area (Å²) in [4.78, 5) is 28.8. The molecule has 0 spiro atoms. The first-order valence-electron chi connectivity index (χ1n) is 15.8. The molecule has 0 aliphatic carbocycles. The van der Waals surface area contributed by atoms with Gasteiger partial charge in [0, 0.05) is 19.1 Å². The lowest BCUT2D eigenvalue weighted by atomic mass is 9.99. The van der Waals surface area contributed by atoms with Gasteiger partial charge in [0.1, 0.15) is 30.5 Å². The number of hydrogen-bond donors (Lipinski definition) is 7. The van der Waals surface area contributed by atoms with E-state index in [9.17, 15) is 40.2 Å². The number of unbranched alkanes of at least 4 members (excludes halogenated alkanes) is 5. The number of amides is 2. The minimum Gasteiger partial charge on any atom is -0.394 e. The highest BCUT2D eigenvalue weighted by Crippen LogP contribution is 2.22. The van der Waals surface area contributed by atoms with Crippen molar-refractivity contribution in [2.24, 2.45) is 4.99 Å². The highest BCUT2D eigenvalue weighted by molar-refractivity contribution is 5.84. The van der Waals surface area contributed by atoms with Crippen LogP contribution in [0.15, 0.2) is 35.3 Å². The summed E-state index contributed by atoms with van der Waals surface area (Å²) in [6.45, 7) is 1.05. The van der Waals surface area contributed by atoms with Gasteiger partial charge in [-0.2, -0.15) is 0 Å². The number of carbonyl (C=O) groups is 2. The number of benzene rings is 1. The first kappa shape index (κ1) is 37.9. The Kier molecular flexibility index (Phi) is 18.5. The number of nitrogens with zero attached hydrogens (tertiary/aromatic N) is 1. The van der Waals surface area contributed by atoms with Crippen molar-refractivity contribution in [3.05, 3.63) is 35.9 Å². The maximum absolute atomic E-state index is 12.6. The van der Waals surface area contributed by atoms with Crippen molar-refractivity contribution in [3.63, 3.8) is 0 Å². The SMILES string of the molecule is CCCCCCCC(=O)N[C@@H](CO[C@H]1O[C@H](CO)[C@H](O)[C@H](O)[C@H]1O)[C@H](O)[C@H](O)CCCC(=O)N=CCCCc1ccccc1. The molecule has 12 nitrogen and oxygen atoms in total. The molecule has 1 saturated heterocycles. The molecule has 0 saturated carbocycles. The summed E-state index contributed by atoms with van der Waals surface area (Å²) < 4.78 is 10.9. The summed E-state index contributed by atoms with van der Waals surface area (Å²) in [5, 5.41) is 64.0. The first-order valence-corrected chi connectivity index (χ1v) is 15.8. The third-order valence-corrected chi connectivity index (χ3v) is 7.72. The van der Waals surface area contributed by atoms with Crippen molar-refractivity contribution in [1.82, 2.24) is 5.32 Å². The molecule has 1 aromatic rings. The Morgan fingerprint density at radius 1 is 0.977 bits per heavy atom. The molecule has 0 bridgehead atoms. The smallest absolute Gasteiger partial charge is 0.245 e. The van der Waals surface area contributed by atoms with Gasteiger partial charge in [-0.05, 0) is 44.1 Å². The van der Waals surface area contributed by atoms with Crippen molar-refractivity contribution in [1.29, 1.82) is 0 Å². The predicted molar refractivity (Wildman–Crippen MR) is 164 cm³/mol. The Bertz CT molecular complexity index is 964. The van der Waals surface area contributed by atoms with Crippen molar-refractivity contribution in [2.75, 3.05) is 13.2 Å². The highest BCUT2D eigenvalue weighted by Gasteiger charge is 2.44. The summed E-state index contributed by atoms with van der Waals surface area (Å²) in [7, 11) is 0. The van der Waals surface area contributed by atoms with E-state index < -0.39 is 62.2 Å². The minimum absolute atomic E-state index is 0.0554. The van der Waals surface area contributed by atoms with E-state index in [-0.39, 0.29) is 37.5 Å². The summed E-state index contributed by atoms with van der Waals surface area (Å²) in [5.74, 6) is -0.683. The Hall–Kier alpha value is -2.29. The van der Waals surface area contributed by atoms with Crippen LogP contribution in [0.3, 0.4) is 0 Å². The van der Waals surface area contributed by atoms with Gasteiger partial charge in [-0.1, -0.05) is 62.9 Å². The molecule has 44 heavy (non-hydrogen) atoms.